The standard InChI is InChI=1S/C22H31N5O3/c1-16(19-7-5-4-6-8-19)14-23-22(29)18(3)27-11-9-26(10-12-27)15-21(28)24-20-13-17(2)30-25-20/h4-8,13,16,18H,9-12,14-15H2,1-3H3,(H,23,29)(H,24,25,28). The van der Waals surface area contributed by atoms with Gasteiger partial charge in [0.15, 0.2) is 5.82 Å². The van der Waals surface area contributed by atoms with E-state index in [0.717, 1.165) is 26.2 Å². The van der Waals surface area contributed by atoms with Crippen LogP contribution >= 0.6 is 0 Å². The second-order valence-corrected chi connectivity index (χ2v) is 7.92. The largest absolute Gasteiger partial charge is 0.360 e. The maximum Gasteiger partial charge on any atom is 0.239 e. The van der Waals surface area contributed by atoms with Crippen LogP contribution in [0.15, 0.2) is 40.9 Å². The van der Waals surface area contributed by atoms with Crippen LogP contribution in [0.1, 0.15) is 31.1 Å². The first-order chi connectivity index (χ1) is 14.4. The molecule has 2 atom stereocenters. The van der Waals surface area contributed by atoms with Crippen molar-refractivity contribution in [3.8, 4) is 0 Å². The third-order valence-corrected chi connectivity index (χ3v) is 5.55. The van der Waals surface area contributed by atoms with Gasteiger partial charge in [0, 0.05) is 38.8 Å². The smallest absolute Gasteiger partial charge is 0.239 e. The zero-order chi connectivity index (χ0) is 21.5. The number of hydrogen-bond acceptors (Lipinski definition) is 6. The summed E-state index contributed by atoms with van der Waals surface area (Å²) in [5, 5.41) is 9.59. The van der Waals surface area contributed by atoms with Crippen LogP contribution in [0, 0.1) is 6.92 Å². The molecule has 1 fully saturated rings. The highest BCUT2D eigenvalue weighted by molar-refractivity contribution is 5.91. The molecule has 1 saturated heterocycles. The lowest BCUT2D eigenvalue weighted by atomic mass is 10.0. The van der Waals surface area contributed by atoms with Crippen LogP contribution < -0.4 is 10.6 Å². The highest BCUT2D eigenvalue weighted by Gasteiger charge is 2.26. The number of piperazine rings is 1. The summed E-state index contributed by atoms with van der Waals surface area (Å²) >= 11 is 0. The number of nitrogens with zero attached hydrogens (tertiary/aromatic N) is 3. The van der Waals surface area contributed by atoms with E-state index >= 15 is 0 Å². The molecule has 0 saturated carbocycles. The van der Waals surface area contributed by atoms with Gasteiger partial charge in [0.05, 0.1) is 12.6 Å². The van der Waals surface area contributed by atoms with Gasteiger partial charge in [0.2, 0.25) is 11.8 Å². The van der Waals surface area contributed by atoms with Crippen molar-refractivity contribution in [2.24, 2.45) is 0 Å². The van der Waals surface area contributed by atoms with Crippen molar-refractivity contribution in [1.82, 2.24) is 20.3 Å². The quantitative estimate of drug-likeness (QED) is 0.686. The minimum absolute atomic E-state index is 0.0466. The third-order valence-electron chi connectivity index (χ3n) is 5.55. The molecule has 1 aromatic heterocycles. The number of carbonyl (C=O) groups excluding carboxylic acids is 2. The van der Waals surface area contributed by atoms with Gasteiger partial charge in [-0.3, -0.25) is 19.4 Å². The highest BCUT2D eigenvalue weighted by Crippen LogP contribution is 2.14. The van der Waals surface area contributed by atoms with Crippen LogP contribution in [0.3, 0.4) is 0 Å². The van der Waals surface area contributed by atoms with Crippen molar-refractivity contribution in [1.29, 1.82) is 0 Å². The molecule has 3 rings (SSSR count). The summed E-state index contributed by atoms with van der Waals surface area (Å²) in [4.78, 5) is 29.0. The molecule has 0 radical (unpaired) electrons. The number of benzene rings is 1. The number of aryl methyl sites for hydroxylation is 1. The zero-order valence-electron chi connectivity index (χ0n) is 17.9. The normalized spacial score (nSPS) is 17.3. The van der Waals surface area contributed by atoms with E-state index < -0.39 is 0 Å². The van der Waals surface area contributed by atoms with Crippen molar-refractivity contribution >= 4 is 17.6 Å². The van der Waals surface area contributed by atoms with Crippen molar-refractivity contribution in [3.63, 3.8) is 0 Å². The van der Waals surface area contributed by atoms with Gasteiger partial charge in [0.1, 0.15) is 5.76 Å². The van der Waals surface area contributed by atoms with Gasteiger partial charge >= 0.3 is 0 Å². The first-order valence-electron chi connectivity index (χ1n) is 10.4. The first-order valence-corrected chi connectivity index (χ1v) is 10.4. The van der Waals surface area contributed by atoms with Crippen LogP contribution in [0.4, 0.5) is 5.82 Å². The molecule has 0 bridgehead atoms. The number of anilines is 1. The maximum absolute atomic E-state index is 12.6. The Morgan fingerprint density at radius 1 is 1.13 bits per heavy atom. The SMILES string of the molecule is Cc1cc(NC(=O)CN2CCN(C(C)C(=O)NCC(C)c3ccccc3)CC2)no1. The minimum atomic E-state index is -0.193. The number of amides is 2. The van der Waals surface area contributed by atoms with E-state index in [1.54, 1.807) is 13.0 Å². The molecule has 2 N–H and O–H groups in total. The number of aromatic nitrogens is 1. The number of rotatable bonds is 8. The molecule has 2 aromatic rings. The lowest BCUT2D eigenvalue weighted by Gasteiger charge is -2.37. The first kappa shape index (κ1) is 22.0. The average Bonchev–Trinajstić information content (AvgIpc) is 3.16. The molecule has 1 aromatic carbocycles. The summed E-state index contributed by atoms with van der Waals surface area (Å²) < 4.78 is 4.95. The second kappa shape index (κ2) is 10.4. The summed E-state index contributed by atoms with van der Waals surface area (Å²) in [7, 11) is 0. The van der Waals surface area contributed by atoms with Crippen molar-refractivity contribution in [3.05, 3.63) is 47.7 Å². The molecule has 162 valence electrons. The predicted octanol–water partition coefficient (Wildman–Crippen LogP) is 1.85. The lowest BCUT2D eigenvalue weighted by Crippen LogP contribution is -2.55. The Bertz CT molecular complexity index is 830. The summed E-state index contributed by atoms with van der Waals surface area (Å²) in [5.41, 5.74) is 1.22. The van der Waals surface area contributed by atoms with Crippen molar-refractivity contribution < 1.29 is 14.1 Å². The fraction of sp³-hybridized carbons (Fsp3) is 0.500. The second-order valence-electron chi connectivity index (χ2n) is 7.92. The van der Waals surface area contributed by atoms with E-state index in [-0.39, 0.29) is 23.8 Å². The van der Waals surface area contributed by atoms with E-state index in [1.807, 2.05) is 25.1 Å². The Balaban J connectivity index is 1.38. The summed E-state index contributed by atoms with van der Waals surface area (Å²) in [6.07, 6.45) is 0. The molecule has 2 amide bonds. The lowest BCUT2D eigenvalue weighted by molar-refractivity contribution is -0.127. The molecular formula is C22H31N5O3. The molecular weight excluding hydrogens is 382 g/mol. The van der Waals surface area contributed by atoms with Gasteiger partial charge in [-0.15, -0.1) is 0 Å². The Kier molecular flexibility index (Phi) is 7.59. The van der Waals surface area contributed by atoms with Crippen LogP contribution in [-0.4, -0.2) is 72.1 Å². The summed E-state index contributed by atoms with van der Waals surface area (Å²) in [6.45, 7) is 9.73. The molecule has 2 unspecified atom stereocenters. The van der Waals surface area contributed by atoms with Crippen molar-refractivity contribution in [2.75, 3.05) is 44.6 Å². The predicted molar refractivity (Wildman–Crippen MR) is 115 cm³/mol. The molecule has 2 heterocycles. The minimum Gasteiger partial charge on any atom is -0.360 e. The fourth-order valence-corrected chi connectivity index (χ4v) is 3.59. The van der Waals surface area contributed by atoms with Gasteiger partial charge in [-0.1, -0.05) is 42.4 Å². The van der Waals surface area contributed by atoms with Gasteiger partial charge in [0.25, 0.3) is 0 Å². The van der Waals surface area contributed by atoms with E-state index in [0.29, 0.717) is 24.7 Å². The van der Waals surface area contributed by atoms with Gasteiger partial charge in [-0.05, 0) is 25.3 Å². The Labute approximate surface area is 177 Å². The molecule has 30 heavy (non-hydrogen) atoms. The van der Waals surface area contributed by atoms with Gasteiger partial charge in [-0.25, -0.2) is 0 Å². The average molecular weight is 414 g/mol. The van der Waals surface area contributed by atoms with Gasteiger partial charge < -0.3 is 15.2 Å². The molecule has 1 aliphatic heterocycles. The van der Waals surface area contributed by atoms with Gasteiger partial charge in [-0.2, -0.15) is 0 Å². The van der Waals surface area contributed by atoms with Crippen molar-refractivity contribution in [2.45, 2.75) is 32.7 Å². The molecule has 8 heteroatoms. The fourth-order valence-electron chi connectivity index (χ4n) is 3.59. The van der Waals surface area contributed by atoms with Crippen LogP contribution in [0.2, 0.25) is 0 Å². The topological polar surface area (TPSA) is 90.7 Å². The number of hydrogen-bond donors (Lipinski definition) is 2. The zero-order valence-corrected chi connectivity index (χ0v) is 17.9. The Hall–Kier alpha value is -2.71. The Morgan fingerprint density at radius 3 is 2.47 bits per heavy atom. The molecule has 8 nitrogen and oxygen atoms in total. The Morgan fingerprint density at radius 2 is 1.83 bits per heavy atom. The van der Waals surface area contributed by atoms with E-state index in [9.17, 15) is 9.59 Å². The number of nitrogens with one attached hydrogen (secondary N) is 2. The number of carbonyl (C=O) groups is 2. The van der Waals surface area contributed by atoms with E-state index in [4.69, 9.17) is 4.52 Å². The van der Waals surface area contributed by atoms with E-state index in [1.165, 1.54) is 5.56 Å². The molecule has 1 aliphatic rings. The molecule has 0 aliphatic carbocycles. The van der Waals surface area contributed by atoms with Crippen LogP contribution in [-0.2, 0) is 9.59 Å². The van der Waals surface area contributed by atoms with Crippen LogP contribution in [0.25, 0.3) is 0 Å². The maximum atomic E-state index is 12.6. The summed E-state index contributed by atoms with van der Waals surface area (Å²) in [5.74, 6) is 1.30. The van der Waals surface area contributed by atoms with E-state index in [2.05, 4.69) is 44.6 Å². The molecule has 0 spiro atoms. The monoisotopic (exact) mass is 413 g/mol. The van der Waals surface area contributed by atoms with Crippen LogP contribution in [0.5, 0.6) is 0 Å². The third kappa shape index (κ3) is 6.14. The summed E-state index contributed by atoms with van der Waals surface area (Å²) in [6, 6.07) is 11.7. The highest BCUT2D eigenvalue weighted by atomic mass is 16.5.